The predicted molar refractivity (Wildman–Crippen MR) is 63.4 cm³/mol. The monoisotopic (exact) mass is 220 g/mol. The van der Waals surface area contributed by atoms with Gasteiger partial charge in [-0.2, -0.15) is 0 Å². The molecule has 0 fully saturated rings. The molecule has 0 aliphatic heterocycles. The summed E-state index contributed by atoms with van der Waals surface area (Å²) in [6.45, 7) is 4.14. The SMILES string of the molecule is CCOC(=O)/C=C/c1ccc(C)c(OC)c1. The van der Waals surface area contributed by atoms with Gasteiger partial charge >= 0.3 is 5.97 Å². The third-order valence-corrected chi connectivity index (χ3v) is 2.13. The Hall–Kier alpha value is -1.77. The van der Waals surface area contributed by atoms with Crippen LogP contribution in [-0.2, 0) is 9.53 Å². The normalized spacial score (nSPS) is 10.4. The van der Waals surface area contributed by atoms with E-state index in [1.807, 2.05) is 25.1 Å². The number of hydrogen-bond acceptors (Lipinski definition) is 3. The molecule has 1 rings (SSSR count). The first-order valence-corrected chi connectivity index (χ1v) is 5.17. The molecular weight excluding hydrogens is 204 g/mol. The van der Waals surface area contributed by atoms with Crippen LogP contribution >= 0.6 is 0 Å². The summed E-state index contributed by atoms with van der Waals surface area (Å²) >= 11 is 0. The maximum absolute atomic E-state index is 11.1. The number of ether oxygens (including phenoxy) is 2. The van der Waals surface area contributed by atoms with Gasteiger partial charge in [0, 0.05) is 6.08 Å². The third kappa shape index (κ3) is 3.42. The molecule has 0 radical (unpaired) electrons. The zero-order chi connectivity index (χ0) is 12.0. The lowest BCUT2D eigenvalue weighted by Crippen LogP contribution is -1.98. The number of aryl methyl sites for hydroxylation is 1. The Morgan fingerprint density at radius 3 is 2.81 bits per heavy atom. The number of rotatable bonds is 4. The van der Waals surface area contributed by atoms with Crippen molar-refractivity contribution in [2.75, 3.05) is 13.7 Å². The standard InChI is InChI=1S/C13H16O3/c1-4-16-13(14)8-7-11-6-5-10(2)12(9-11)15-3/h5-9H,4H2,1-3H3/b8-7+. The number of carbonyl (C=O) groups excluding carboxylic acids is 1. The summed E-state index contributed by atoms with van der Waals surface area (Å²) in [4.78, 5) is 11.1. The van der Waals surface area contributed by atoms with Gasteiger partial charge < -0.3 is 9.47 Å². The van der Waals surface area contributed by atoms with Crippen LogP contribution in [-0.4, -0.2) is 19.7 Å². The topological polar surface area (TPSA) is 35.5 Å². The lowest BCUT2D eigenvalue weighted by atomic mass is 10.1. The first-order valence-electron chi connectivity index (χ1n) is 5.17. The van der Waals surface area contributed by atoms with E-state index in [1.165, 1.54) is 6.08 Å². The molecule has 16 heavy (non-hydrogen) atoms. The molecule has 0 bridgehead atoms. The quantitative estimate of drug-likeness (QED) is 0.578. The fourth-order valence-electron chi connectivity index (χ4n) is 1.29. The van der Waals surface area contributed by atoms with Gasteiger partial charge in [0.15, 0.2) is 0 Å². The molecule has 0 aromatic heterocycles. The summed E-state index contributed by atoms with van der Waals surface area (Å²) in [6, 6.07) is 5.75. The summed E-state index contributed by atoms with van der Waals surface area (Å²) in [6.07, 6.45) is 3.12. The number of benzene rings is 1. The first kappa shape index (κ1) is 12.3. The summed E-state index contributed by atoms with van der Waals surface area (Å²) in [5.74, 6) is 0.480. The summed E-state index contributed by atoms with van der Waals surface area (Å²) in [5.41, 5.74) is 1.98. The van der Waals surface area contributed by atoms with Crippen LogP contribution in [0.2, 0.25) is 0 Å². The van der Waals surface area contributed by atoms with Crippen LogP contribution in [0.25, 0.3) is 6.08 Å². The first-order chi connectivity index (χ1) is 7.67. The molecule has 0 saturated carbocycles. The summed E-state index contributed by atoms with van der Waals surface area (Å²) in [7, 11) is 1.63. The minimum Gasteiger partial charge on any atom is -0.496 e. The maximum atomic E-state index is 11.1. The van der Waals surface area contributed by atoms with Crippen molar-refractivity contribution in [1.29, 1.82) is 0 Å². The molecule has 3 nitrogen and oxygen atoms in total. The van der Waals surface area contributed by atoms with E-state index in [2.05, 4.69) is 0 Å². The van der Waals surface area contributed by atoms with E-state index in [-0.39, 0.29) is 5.97 Å². The highest BCUT2D eigenvalue weighted by Crippen LogP contribution is 2.19. The number of carbonyl (C=O) groups is 1. The molecule has 0 unspecified atom stereocenters. The molecule has 0 heterocycles. The van der Waals surface area contributed by atoms with Gasteiger partial charge in [-0.1, -0.05) is 12.1 Å². The minimum absolute atomic E-state index is 0.331. The highest BCUT2D eigenvalue weighted by atomic mass is 16.5. The van der Waals surface area contributed by atoms with Gasteiger partial charge in [0.1, 0.15) is 5.75 Å². The highest BCUT2D eigenvalue weighted by Gasteiger charge is 1.99. The molecule has 0 spiro atoms. The number of hydrogen-bond donors (Lipinski definition) is 0. The average molecular weight is 220 g/mol. The molecular formula is C13H16O3. The Kier molecular flexibility index (Phi) is 4.58. The lowest BCUT2D eigenvalue weighted by molar-refractivity contribution is -0.137. The van der Waals surface area contributed by atoms with Gasteiger partial charge in [0.2, 0.25) is 0 Å². The molecule has 3 heteroatoms. The fraction of sp³-hybridized carbons (Fsp3) is 0.308. The lowest BCUT2D eigenvalue weighted by Gasteiger charge is -2.04. The molecule has 0 aliphatic carbocycles. The third-order valence-electron chi connectivity index (χ3n) is 2.13. The van der Waals surface area contributed by atoms with Crippen LogP contribution in [0.4, 0.5) is 0 Å². The number of methoxy groups -OCH3 is 1. The van der Waals surface area contributed by atoms with E-state index in [1.54, 1.807) is 20.1 Å². The maximum Gasteiger partial charge on any atom is 0.330 e. The smallest absolute Gasteiger partial charge is 0.330 e. The van der Waals surface area contributed by atoms with Gasteiger partial charge in [0.05, 0.1) is 13.7 Å². The van der Waals surface area contributed by atoms with Gasteiger partial charge in [-0.15, -0.1) is 0 Å². The van der Waals surface area contributed by atoms with Crippen molar-refractivity contribution in [3.63, 3.8) is 0 Å². The van der Waals surface area contributed by atoms with E-state index < -0.39 is 0 Å². The van der Waals surface area contributed by atoms with Crippen molar-refractivity contribution in [2.45, 2.75) is 13.8 Å². The molecule has 0 saturated heterocycles. The zero-order valence-electron chi connectivity index (χ0n) is 9.82. The molecule has 86 valence electrons. The molecule has 0 atom stereocenters. The van der Waals surface area contributed by atoms with Crippen LogP contribution in [0.3, 0.4) is 0 Å². The molecule has 1 aromatic rings. The Morgan fingerprint density at radius 1 is 1.44 bits per heavy atom. The van der Waals surface area contributed by atoms with Gasteiger partial charge in [0.25, 0.3) is 0 Å². The van der Waals surface area contributed by atoms with E-state index in [9.17, 15) is 4.79 Å². The minimum atomic E-state index is -0.331. The van der Waals surface area contributed by atoms with Crippen LogP contribution in [0.1, 0.15) is 18.1 Å². The Labute approximate surface area is 95.7 Å². The van der Waals surface area contributed by atoms with Crippen molar-refractivity contribution in [2.24, 2.45) is 0 Å². The Bertz CT molecular complexity index is 394. The average Bonchev–Trinajstić information content (AvgIpc) is 2.28. The second-order valence-electron chi connectivity index (χ2n) is 3.31. The van der Waals surface area contributed by atoms with Crippen LogP contribution in [0.15, 0.2) is 24.3 Å². The largest absolute Gasteiger partial charge is 0.496 e. The van der Waals surface area contributed by atoms with Gasteiger partial charge in [-0.25, -0.2) is 4.79 Å². The van der Waals surface area contributed by atoms with Crippen molar-refractivity contribution in [3.8, 4) is 5.75 Å². The highest BCUT2D eigenvalue weighted by molar-refractivity contribution is 5.87. The van der Waals surface area contributed by atoms with E-state index in [0.29, 0.717) is 6.61 Å². The molecule has 0 aliphatic rings. The van der Waals surface area contributed by atoms with Crippen LogP contribution < -0.4 is 4.74 Å². The Morgan fingerprint density at radius 2 is 2.19 bits per heavy atom. The number of esters is 1. The van der Waals surface area contributed by atoms with Gasteiger partial charge in [-0.3, -0.25) is 0 Å². The summed E-state index contributed by atoms with van der Waals surface area (Å²) in [5, 5.41) is 0. The Balaban J connectivity index is 2.78. The van der Waals surface area contributed by atoms with E-state index >= 15 is 0 Å². The van der Waals surface area contributed by atoms with Gasteiger partial charge in [-0.05, 0) is 37.1 Å². The zero-order valence-corrected chi connectivity index (χ0v) is 9.82. The van der Waals surface area contributed by atoms with E-state index in [0.717, 1.165) is 16.9 Å². The van der Waals surface area contributed by atoms with Crippen molar-refractivity contribution in [1.82, 2.24) is 0 Å². The van der Waals surface area contributed by atoms with Crippen molar-refractivity contribution < 1.29 is 14.3 Å². The fourth-order valence-corrected chi connectivity index (χ4v) is 1.29. The molecule has 0 N–H and O–H groups in total. The van der Waals surface area contributed by atoms with Crippen LogP contribution in [0.5, 0.6) is 5.75 Å². The summed E-state index contributed by atoms with van der Waals surface area (Å²) < 4.78 is 9.98. The molecule has 1 aromatic carbocycles. The predicted octanol–water partition coefficient (Wildman–Crippen LogP) is 2.58. The van der Waals surface area contributed by atoms with Crippen molar-refractivity contribution in [3.05, 3.63) is 35.4 Å². The van der Waals surface area contributed by atoms with Crippen molar-refractivity contribution >= 4 is 12.0 Å². The second-order valence-corrected chi connectivity index (χ2v) is 3.31. The van der Waals surface area contributed by atoms with E-state index in [4.69, 9.17) is 9.47 Å². The second kappa shape index (κ2) is 5.95. The molecule has 0 amide bonds. The van der Waals surface area contributed by atoms with Crippen LogP contribution in [0, 0.1) is 6.92 Å².